The van der Waals surface area contributed by atoms with Crippen molar-refractivity contribution in [3.05, 3.63) is 46.4 Å². The van der Waals surface area contributed by atoms with E-state index in [9.17, 15) is 9.18 Å². The van der Waals surface area contributed by atoms with Crippen molar-refractivity contribution in [1.29, 1.82) is 0 Å². The van der Waals surface area contributed by atoms with E-state index in [1.165, 1.54) is 0 Å². The second-order valence-corrected chi connectivity index (χ2v) is 5.25. The molecule has 1 unspecified atom stereocenters. The summed E-state index contributed by atoms with van der Waals surface area (Å²) < 4.78 is 18.4. The molecule has 1 heterocycles. The number of urea groups is 1. The van der Waals surface area contributed by atoms with Crippen molar-refractivity contribution in [3.63, 3.8) is 0 Å². The predicted molar refractivity (Wildman–Crippen MR) is 78.7 cm³/mol. The van der Waals surface area contributed by atoms with Gasteiger partial charge in [0.15, 0.2) is 5.82 Å². The molecule has 1 aromatic carbocycles. The lowest BCUT2D eigenvalue weighted by atomic mass is 10.0. The second-order valence-electron chi connectivity index (χ2n) is 5.25. The molecule has 0 aliphatic rings. The maximum Gasteiger partial charge on any atom is 0.315 e. The van der Waals surface area contributed by atoms with Gasteiger partial charge in [-0.15, -0.1) is 0 Å². The Bertz CT molecular complexity index is 661. The molecule has 0 saturated heterocycles. The third-order valence-electron chi connectivity index (χ3n) is 3.28. The molecule has 0 bridgehead atoms. The van der Waals surface area contributed by atoms with Crippen LogP contribution in [0.3, 0.4) is 0 Å². The molecule has 118 valence electrons. The highest BCUT2D eigenvalue weighted by Gasteiger charge is 2.13. The number of aromatic nitrogens is 2. The number of hydrogen-bond donors (Lipinski definition) is 2. The SMILES string of the molecule is Cc1nc(CNC(=O)NC(C)c2cc(C)c(F)c(C)c2)no1. The number of halogens is 1. The summed E-state index contributed by atoms with van der Waals surface area (Å²) in [4.78, 5) is 15.9. The molecule has 1 aromatic heterocycles. The van der Waals surface area contributed by atoms with Crippen molar-refractivity contribution in [1.82, 2.24) is 20.8 Å². The maximum atomic E-state index is 13.6. The summed E-state index contributed by atoms with van der Waals surface area (Å²) >= 11 is 0. The van der Waals surface area contributed by atoms with Crippen LogP contribution in [0, 0.1) is 26.6 Å². The van der Waals surface area contributed by atoms with E-state index in [2.05, 4.69) is 20.8 Å². The van der Waals surface area contributed by atoms with Gasteiger partial charge in [0.25, 0.3) is 0 Å². The Morgan fingerprint density at radius 3 is 2.50 bits per heavy atom. The van der Waals surface area contributed by atoms with Gasteiger partial charge in [0.1, 0.15) is 5.82 Å². The number of nitrogens with zero attached hydrogens (tertiary/aromatic N) is 2. The van der Waals surface area contributed by atoms with Gasteiger partial charge in [-0.05, 0) is 37.5 Å². The zero-order chi connectivity index (χ0) is 16.3. The summed E-state index contributed by atoms with van der Waals surface area (Å²) in [6.07, 6.45) is 0. The largest absolute Gasteiger partial charge is 0.340 e. The van der Waals surface area contributed by atoms with Gasteiger partial charge in [-0.3, -0.25) is 0 Å². The highest BCUT2D eigenvalue weighted by atomic mass is 19.1. The number of aryl methyl sites for hydroxylation is 3. The van der Waals surface area contributed by atoms with E-state index in [-0.39, 0.29) is 24.4 Å². The van der Waals surface area contributed by atoms with Crippen LogP contribution in [0.5, 0.6) is 0 Å². The summed E-state index contributed by atoms with van der Waals surface area (Å²) in [7, 11) is 0. The van der Waals surface area contributed by atoms with E-state index in [0.717, 1.165) is 5.56 Å². The van der Waals surface area contributed by atoms with Crippen molar-refractivity contribution >= 4 is 6.03 Å². The van der Waals surface area contributed by atoms with Crippen molar-refractivity contribution in [3.8, 4) is 0 Å². The molecule has 7 heteroatoms. The predicted octanol–water partition coefficient (Wildman–Crippen LogP) is 2.69. The summed E-state index contributed by atoms with van der Waals surface area (Å²) in [5, 5.41) is 9.12. The zero-order valence-electron chi connectivity index (χ0n) is 13.0. The average molecular weight is 306 g/mol. The fourth-order valence-electron chi connectivity index (χ4n) is 2.13. The molecule has 0 radical (unpaired) electrons. The Morgan fingerprint density at radius 1 is 1.32 bits per heavy atom. The van der Waals surface area contributed by atoms with Crippen LogP contribution >= 0.6 is 0 Å². The lowest BCUT2D eigenvalue weighted by Crippen LogP contribution is -2.36. The van der Waals surface area contributed by atoms with E-state index in [1.807, 2.05) is 6.92 Å². The van der Waals surface area contributed by atoms with E-state index in [4.69, 9.17) is 4.52 Å². The molecule has 0 saturated carbocycles. The number of benzene rings is 1. The fraction of sp³-hybridized carbons (Fsp3) is 0.400. The van der Waals surface area contributed by atoms with E-state index in [0.29, 0.717) is 22.8 Å². The van der Waals surface area contributed by atoms with Gasteiger partial charge in [-0.25, -0.2) is 9.18 Å². The highest BCUT2D eigenvalue weighted by Crippen LogP contribution is 2.19. The molecule has 2 rings (SSSR count). The van der Waals surface area contributed by atoms with Crippen LogP contribution in [0.15, 0.2) is 16.7 Å². The third-order valence-corrected chi connectivity index (χ3v) is 3.28. The molecule has 1 atom stereocenters. The van der Waals surface area contributed by atoms with E-state index >= 15 is 0 Å². The first-order valence-electron chi connectivity index (χ1n) is 6.97. The van der Waals surface area contributed by atoms with Crippen LogP contribution in [-0.4, -0.2) is 16.2 Å². The molecule has 2 amide bonds. The topological polar surface area (TPSA) is 80.0 Å². The number of rotatable bonds is 4. The van der Waals surface area contributed by atoms with Crippen molar-refractivity contribution in [2.75, 3.05) is 0 Å². The van der Waals surface area contributed by atoms with Crippen LogP contribution in [0.25, 0.3) is 0 Å². The number of nitrogens with one attached hydrogen (secondary N) is 2. The third kappa shape index (κ3) is 3.81. The molecule has 6 nitrogen and oxygen atoms in total. The van der Waals surface area contributed by atoms with Crippen LogP contribution in [0.4, 0.5) is 9.18 Å². The zero-order valence-corrected chi connectivity index (χ0v) is 13.0. The molecule has 2 N–H and O–H groups in total. The van der Waals surface area contributed by atoms with Gasteiger partial charge < -0.3 is 15.2 Å². The summed E-state index contributed by atoms with van der Waals surface area (Å²) in [5.74, 6) is 0.643. The Balaban J connectivity index is 1.93. The molecule has 0 aliphatic heterocycles. The van der Waals surface area contributed by atoms with Crippen LogP contribution in [0.2, 0.25) is 0 Å². The number of amides is 2. The quantitative estimate of drug-likeness (QED) is 0.910. The molecule has 0 aliphatic carbocycles. The maximum absolute atomic E-state index is 13.6. The Hall–Kier alpha value is -2.44. The molecular weight excluding hydrogens is 287 g/mol. The van der Waals surface area contributed by atoms with Crippen molar-refractivity contribution in [2.45, 2.75) is 40.3 Å². The first kappa shape index (κ1) is 15.9. The minimum Gasteiger partial charge on any atom is -0.340 e. The van der Waals surface area contributed by atoms with Gasteiger partial charge in [0.2, 0.25) is 5.89 Å². The average Bonchev–Trinajstić information content (AvgIpc) is 2.87. The lowest BCUT2D eigenvalue weighted by Gasteiger charge is -2.16. The normalized spacial score (nSPS) is 12.0. The molecular formula is C15H19FN4O2. The van der Waals surface area contributed by atoms with Crippen molar-refractivity contribution in [2.24, 2.45) is 0 Å². The highest BCUT2D eigenvalue weighted by molar-refractivity contribution is 5.74. The van der Waals surface area contributed by atoms with E-state index < -0.39 is 0 Å². The summed E-state index contributed by atoms with van der Waals surface area (Å²) in [6, 6.07) is 2.87. The van der Waals surface area contributed by atoms with Crippen molar-refractivity contribution < 1.29 is 13.7 Å². The summed E-state index contributed by atoms with van der Waals surface area (Å²) in [6.45, 7) is 7.10. The standard InChI is InChI=1S/C15H19FN4O2/c1-8-5-12(6-9(2)14(8)16)10(3)18-15(21)17-7-13-19-11(4)22-20-13/h5-6,10H,7H2,1-4H3,(H2,17,18,21). The Kier molecular flexibility index (Phi) is 4.75. The van der Waals surface area contributed by atoms with Gasteiger partial charge in [0.05, 0.1) is 12.6 Å². The molecule has 2 aromatic rings. The molecule has 22 heavy (non-hydrogen) atoms. The van der Waals surface area contributed by atoms with Gasteiger partial charge in [0, 0.05) is 6.92 Å². The Morgan fingerprint density at radius 2 is 1.95 bits per heavy atom. The number of hydrogen-bond acceptors (Lipinski definition) is 4. The number of carbonyl (C=O) groups excluding carboxylic acids is 1. The van der Waals surface area contributed by atoms with Crippen LogP contribution in [-0.2, 0) is 6.54 Å². The lowest BCUT2D eigenvalue weighted by molar-refractivity contribution is 0.237. The van der Waals surface area contributed by atoms with Crippen LogP contribution < -0.4 is 10.6 Å². The molecule has 0 fully saturated rings. The first-order chi connectivity index (χ1) is 10.4. The van der Waals surface area contributed by atoms with Gasteiger partial charge in [-0.1, -0.05) is 17.3 Å². The van der Waals surface area contributed by atoms with Crippen LogP contribution in [0.1, 0.15) is 41.4 Å². The second kappa shape index (κ2) is 6.55. The number of carbonyl (C=O) groups is 1. The van der Waals surface area contributed by atoms with Gasteiger partial charge >= 0.3 is 6.03 Å². The Labute approximate surface area is 128 Å². The minimum absolute atomic E-state index is 0.178. The van der Waals surface area contributed by atoms with E-state index in [1.54, 1.807) is 32.9 Å². The molecule has 0 spiro atoms. The minimum atomic E-state index is -0.352. The first-order valence-corrected chi connectivity index (χ1v) is 6.97. The fourth-order valence-corrected chi connectivity index (χ4v) is 2.13. The van der Waals surface area contributed by atoms with Gasteiger partial charge in [-0.2, -0.15) is 4.98 Å². The smallest absolute Gasteiger partial charge is 0.315 e. The monoisotopic (exact) mass is 306 g/mol. The summed E-state index contributed by atoms with van der Waals surface area (Å²) in [5.41, 5.74) is 1.97.